The van der Waals surface area contributed by atoms with Gasteiger partial charge in [0.2, 0.25) is 0 Å². The minimum absolute atomic E-state index is 0.217. The highest BCUT2D eigenvalue weighted by Gasteiger charge is 2.20. The van der Waals surface area contributed by atoms with E-state index in [1.807, 2.05) is 0 Å². The second kappa shape index (κ2) is 5.58. The van der Waals surface area contributed by atoms with Gasteiger partial charge in [0.25, 0.3) is 0 Å². The van der Waals surface area contributed by atoms with Gasteiger partial charge in [0.05, 0.1) is 6.10 Å². The van der Waals surface area contributed by atoms with Crippen LogP contribution >= 0.6 is 0 Å². The number of rotatable bonds is 3. The van der Waals surface area contributed by atoms with Gasteiger partial charge < -0.3 is 10.1 Å². The molecule has 0 aliphatic carbocycles. The summed E-state index contributed by atoms with van der Waals surface area (Å²) in [6, 6.07) is 17.1. The van der Waals surface area contributed by atoms with Crippen molar-refractivity contribution in [3.8, 4) is 5.75 Å². The summed E-state index contributed by atoms with van der Waals surface area (Å²) in [6.07, 6.45) is 1.29. The van der Waals surface area contributed by atoms with Crippen LogP contribution in [0.1, 0.15) is 30.9 Å². The van der Waals surface area contributed by atoms with E-state index in [1.165, 1.54) is 16.8 Å². The molecule has 104 valence electrons. The summed E-state index contributed by atoms with van der Waals surface area (Å²) in [5.41, 5.74) is 4.00. The number of hydrogen-bond acceptors (Lipinski definition) is 2. The third kappa shape index (κ3) is 2.79. The maximum absolute atomic E-state index is 5.79. The van der Waals surface area contributed by atoms with Crippen molar-refractivity contribution in [2.45, 2.75) is 32.3 Å². The number of fused-ring (bicyclic) bond motifs is 1. The molecule has 0 amide bonds. The van der Waals surface area contributed by atoms with Gasteiger partial charge in [-0.15, -0.1) is 0 Å². The van der Waals surface area contributed by atoms with Crippen LogP contribution in [0.25, 0.3) is 0 Å². The number of benzene rings is 2. The van der Waals surface area contributed by atoms with Crippen LogP contribution in [0.4, 0.5) is 5.69 Å². The fourth-order valence-electron chi connectivity index (χ4n) is 2.79. The lowest BCUT2D eigenvalue weighted by Crippen LogP contribution is -2.21. The Balaban J connectivity index is 1.82. The lowest BCUT2D eigenvalue weighted by molar-refractivity contribution is 0.242. The molecule has 1 atom stereocenters. The van der Waals surface area contributed by atoms with E-state index in [2.05, 4.69) is 67.7 Å². The van der Waals surface area contributed by atoms with Crippen LogP contribution < -0.4 is 10.1 Å². The maximum Gasteiger partial charge on any atom is 0.120 e. The normalized spacial score (nSPS) is 17.4. The first-order valence-electron chi connectivity index (χ1n) is 7.31. The molecule has 1 N–H and O–H groups in total. The summed E-state index contributed by atoms with van der Waals surface area (Å²) in [5.74, 6) is 1.51. The van der Waals surface area contributed by atoms with Crippen LogP contribution in [0.5, 0.6) is 5.75 Å². The summed E-state index contributed by atoms with van der Waals surface area (Å²) >= 11 is 0. The Morgan fingerprint density at radius 3 is 2.65 bits per heavy atom. The molecule has 0 aromatic heterocycles. The average Bonchev–Trinajstić information content (AvgIpc) is 2.47. The summed E-state index contributed by atoms with van der Waals surface area (Å²) in [5, 5.41) is 3.54. The number of anilines is 1. The third-order valence-corrected chi connectivity index (χ3v) is 3.72. The van der Waals surface area contributed by atoms with Crippen molar-refractivity contribution in [3.63, 3.8) is 0 Å². The highest BCUT2D eigenvalue weighted by molar-refractivity contribution is 5.57. The Labute approximate surface area is 120 Å². The molecule has 1 heterocycles. The molecule has 2 heteroatoms. The number of nitrogens with one attached hydrogen (secondary N) is 1. The minimum Gasteiger partial charge on any atom is -0.491 e. The average molecular weight is 267 g/mol. The van der Waals surface area contributed by atoms with E-state index in [0.29, 0.717) is 5.92 Å². The molecule has 0 saturated carbocycles. The highest BCUT2D eigenvalue weighted by Crippen LogP contribution is 2.33. The van der Waals surface area contributed by atoms with Crippen molar-refractivity contribution in [1.82, 2.24) is 0 Å². The Bertz CT molecular complexity index is 577. The van der Waals surface area contributed by atoms with Crippen LogP contribution in [0.15, 0.2) is 48.5 Å². The third-order valence-electron chi connectivity index (χ3n) is 3.72. The minimum atomic E-state index is 0.217. The van der Waals surface area contributed by atoms with Crippen LogP contribution in [0.3, 0.4) is 0 Å². The van der Waals surface area contributed by atoms with Crippen molar-refractivity contribution in [1.29, 1.82) is 0 Å². The Hall–Kier alpha value is -1.96. The van der Waals surface area contributed by atoms with Gasteiger partial charge in [0.1, 0.15) is 5.75 Å². The van der Waals surface area contributed by atoms with Crippen LogP contribution in [0, 0.1) is 0 Å². The quantitative estimate of drug-likeness (QED) is 0.898. The van der Waals surface area contributed by atoms with Gasteiger partial charge in [-0.2, -0.15) is 0 Å². The summed E-state index contributed by atoms with van der Waals surface area (Å²) in [6.45, 7) is 5.12. The summed E-state index contributed by atoms with van der Waals surface area (Å²) in [4.78, 5) is 0. The van der Waals surface area contributed by atoms with Gasteiger partial charge >= 0.3 is 0 Å². The molecular weight excluding hydrogens is 246 g/mol. The van der Waals surface area contributed by atoms with Crippen molar-refractivity contribution >= 4 is 5.69 Å². The standard InChI is InChI=1S/C18H21NO/c1-13(2)20-17-8-9-18-15(11-17)10-16(12-19-18)14-6-4-3-5-7-14/h3-9,11,13,16,19H,10,12H2,1-2H3. The van der Waals surface area contributed by atoms with Gasteiger partial charge in [0.15, 0.2) is 0 Å². The van der Waals surface area contributed by atoms with Crippen LogP contribution in [-0.4, -0.2) is 12.6 Å². The number of ether oxygens (including phenoxy) is 1. The first-order valence-corrected chi connectivity index (χ1v) is 7.31. The van der Waals surface area contributed by atoms with Crippen molar-refractivity contribution in [3.05, 3.63) is 59.7 Å². The molecule has 1 unspecified atom stereocenters. The van der Waals surface area contributed by atoms with Crippen LogP contribution in [0.2, 0.25) is 0 Å². The molecule has 0 saturated heterocycles. The first kappa shape index (κ1) is 13.0. The predicted molar refractivity (Wildman–Crippen MR) is 83.6 cm³/mol. The SMILES string of the molecule is CC(C)Oc1ccc2c(c1)CC(c1ccccc1)CN2. The molecule has 0 bridgehead atoms. The molecule has 2 nitrogen and oxygen atoms in total. The zero-order chi connectivity index (χ0) is 13.9. The number of hydrogen-bond donors (Lipinski definition) is 1. The zero-order valence-corrected chi connectivity index (χ0v) is 12.1. The van der Waals surface area contributed by atoms with Gasteiger partial charge in [-0.05, 0) is 49.6 Å². The van der Waals surface area contributed by atoms with Gasteiger partial charge in [-0.1, -0.05) is 30.3 Å². The molecule has 1 aliphatic heterocycles. The molecule has 20 heavy (non-hydrogen) atoms. The van der Waals surface area contributed by atoms with Gasteiger partial charge in [-0.3, -0.25) is 0 Å². The summed E-state index contributed by atoms with van der Waals surface area (Å²) < 4.78 is 5.79. The largest absolute Gasteiger partial charge is 0.491 e. The first-order chi connectivity index (χ1) is 9.72. The van der Waals surface area contributed by atoms with E-state index in [0.717, 1.165) is 18.7 Å². The van der Waals surface area contributed by atoms with Crippen molar-refractivity contribution < 1.29 is 4.74 Å². The second-order valence-corrected chi connectivity index (χ2v) is 5.68. The van der Waals surface area contributed by atoms with E-state index in [4.69, 9.17) is 4.74 Å². The molecule has 0 spiro atoms. The van der Waals surface area contributed by atoms with E-state index < -0.39 is 0 Å². The molecule has 0 fully saturated rings. The lowest BCUT2D eigenvalue weighted by atomic mass is 9.88. The fraction of sp³-hybridized carbons (Fsp3) is 0.333. The zero-order valence-electron chi connectivity index (χ0n) is 12.1. The predicted octanol–water partition coefficient (Wildman–Crippen LogP) is 4.23. The Kier molecular flexibility index (Phi) is 3.64. The Morgan fingerprint density at radius 2 is 1.90 bits per heavy atom. The van der Waals surface area contributed by atoms with E-state index >= 15 is 0 Å². The van der Waals surface area contributed by atoms with Crippen LogP contribution in [-0.2, 0) is 6.42 Å². The molecule has 1 aliphatic rings. The second-order valence-electron chi connectivity index (χ2n) is 5.68. The monoisotopic (exact) mass is 267 g/mol. The summed E-state index contributed by atoms with van der Waals surface area (Å²) in [7, 11) is 0. The van der Waals surface area contributed by atoms with Crippen molar-refractivity contribution in [2.75, 3.05) is 11.9 Å². The van der Waals surface area contributed by atoms with Gasteiger partial charge in [0, 0.05) is 18.2 Å². The molecular formula is C18H21NO. The Morgan fingerprint density at radius 1 is 1.10 bits per heavy atom. The maximum atomic E-state index is 5.79. The fourth-order valence-corrected chi connectivity index (χ4v) is 2.79. The topological polar surface area (TPSA) is 21.3 Å². The smallest absolute Gasteiger partial charge is 0.120 e. The molecule has 0 radical (unpaired) electrons. The van der Waals surface area contributed by atoms with E-state index in [1.54, 1.807) is 0 Å². The van der Waals surface area contributed by atoms with Gasteiger partial charge in [-0.25, -0.2) is 0 Å². The lowest BCUT2D eigenvalue weighted by Gasteiger charge is -2.27. The van der Waals surface area contributed by atoms with E-state index in [9.17, 15) is 0 Å². The highest BCUT2D eigenvalue weighted by atomic mass is 16.5. The molecule has 2 aromatic rings. The van der Waals surface area contributed by atoms with Crippen molar-refractivity contribution in [2.24, 2.45) is 0 Å². The van der Waals surface area contributed by atoms with E-state index in [-0.39, 0.29) is 6.10 Å². The molecule has 3 rings (SSSR count). The molecule has 2 aromatic carbocycles.